The Balaban J connectivity index is -0.0000000300. The molecule has 0 fully saturated rings. The molecular weight excluding hydrogens is 273 g/mol. The summed E-state index contributed by atoms with van der Waals surface area (Å²) in [6, 6.07) is 0. The van der Waals surface area contributed by atoms with Gasteiger partial charge in [0.05, 0.1) is 21.1 Å². The van der Waals surface area contributed by atoms with Crippen molar-refractivity contribution in [1.29, 1.82) is 0 Å². The molecule has 0 aromatic rings. The van der Waals surface area contributed by atoms with Crippen molar-refractivity contribution in [1.82, 2.24) is 0 Å². The van der Waals surface area contributed by atoms with Gasteiger partial charge in [0.15, 0.2) is 0 Å². The van der Waals surface area contributed by atoms with Crippen LogP contribution in [0.5, 0.6) is 0 Å². The summed E-state index contributed by atoms with van der Waals surface area (Å²) < 4.78 is 25.7. The molecule has 0 aliphatic carbocycles. The topological polar surface area (TPSA) is 105 Å². The number of nitrogens with one attached hydrogen (secondary N) is 1. The second-order valence-corrected chi connectivity index (χ2v) is 2.77. The van der Waals surface area contributed by atoms with Crippen molar-refractivity contribution in [3.63, 3.8) is 0 Å². The van der Waals surface area contributed by atoms with Gasteiger partial charge in [-0.25, -0.2) is 0 Å². The van der Waals surface area contributed by atoms with E-state index in [4.69, 9.17) is 10.3 Å². The lowest BCUT2D eigenvalue weighted by Gasteiger charge is -1.88. The van der Waals surface area contributed by atoms with Gasteiger partial charge < -0.3 is 20.7 Å². The molecule has 5 nitrogen and oxygen atoms in total. The highest BCUT2D eigenvalue weighted by Crippen LogP contribution is 0.864. The molecular formula is C3H14INO4S. The Morgan fingerprint density at radius 1 is 1.00 bits per heavy atom. The molecule has 0 aliphatic heterocycles. The summed E-state index contributed by atoms with van der Waals surface area (Å²) in [4.78, 5) is 1.42. The number of quaternary nitrogens is 1. The van der Waals surface area contributed by atoms with Gasteiger partial charge in [0, 0.05) is 0 Å². The van der Waals surface area contributed by atoms with Crippen LogP contribution in [-0.4, -0.2) is 26.6 Å². The first kappa shape index (κ1) is 22.4. The number of halogens is 1. The van der Waals surface area contributed by atoms with Gasteiger partial charge in [-0.3, -0.25) is 0 Å². The zero-order valence-corrected chi connectivity index (χ0v) is 9.26. The van der Waals surface area contributed by atoms with E-state index in [9.17, 15) is 0 Å². The Hall–Kier alpha value is 0.880. The van der Waals surface area contributed by atoms with Gasteiger partial charge in [-0.05, 0) is 0 Å². The highest BCUT2D eigenvalue weighted by molar-refractivity contribution is 7.59. The minimum Gasteiger partial charge on any atom is -0.427 e. The molecule has 0 unspecified atom stereocenters. The molecule has 0 saturated carbocycles. The van der Waals surface area contributed by atoms with E-state index in [1.807, 2.05) is 0 Å². The van der Waals surface area contributed by atoms with Crippen molar-refractivity contribution in [3.05, 3.63) is 0 Å². The van der Waals surface area contributed by atoms with Gasteiger partial charge in [-0.2, -0.15) is 13.5 Å². The summed E-state index contributed by atoms with van der Waals surface area (Å²) in [5.41, 5.74) is 0. The minimum absolute atomic E-state index is 0. The zero-order valence-electron chi connectivity index (χ0n) is 6.10. The maximum Gasteiger partial charge on any atom is 0.282 e. The van der Waals surface area contributed by atoms with Crippen molar-refractivity contribution in [2.24, 2.45) is 0 Å². The van der Waals surface area contributed by atoms with E-state index >= 15 is 0 Å². The average molecular weight is 287 g/mol. The van der Waals surface area contributed by atoms with E-state index in [0.717, 1.165) is 0 Å². The third-order valence-corrected chi connectivity index (χ3v) is 0. The Morgan fingerprint density at radius 2 is 1.00 bits per heavy atom. The Morgan fingerprint density at radius 3 is 1.00 bits per heavy atom. The van der Waals surface area contributed by atoms with E-state index in [1.54, 1.807) is 0 Å². The highest BCUT2D eigenvalue weighted by atomic mass is 127. The molecule has 0 atom stereocenters. The van der Waals surface area contributed by atoms with E-state index in [1.165, 1.54) is 4.90 Å². The van der Waals surface area contributed by atoms with Crippen LogP contribution >= 0.6 is 13.5 Å². The quantitative estimate of drug-likeness (QED) is 0.447. The summed E-state index contributed by atoms with van der Waals surface area (Å²) in [6.07, 6.45) is 0. The lowest BCUT2D eigenvalue weighted by Crippen LogP contribution is -4.05. The molecule has 0 aromatic heterocycles. The maximum atomic E-state index is 8.57. The summed E-state index contributed by atoms with van der Waals surface area (Å²) in [7, 11) is 6.25. The molecule has 0 heterocycles. The van der Waals surface area contributed by atoms with Crippen LogP contribution in [-0.2, 0) is 0 Å². The second-order valence-electron chi connectivity index (χ2n) is 1.69. The van der Waals surface area contributed by atoms with Crippen molar-refractivity contribution in [2.75, 3.05) is 21.1 Å². The van der Waals surface area contributed by atoms with Gasteiger partial charge >= 0.3 is 0 Å². The average Bonchev–Trinajstić information content (AvgIpc) is 1.25. The molecule has 0 rings (SSSR count). The highest BCUT2D eigenvalue weighted by Gasteiger charge is 1.70. The summed E-state index contributed by atoms with van der Waals surface area (Å²) in [6.45, 7) is 0. The normalized spacial score (nSPS) is 7.20. The molecule has 0 bridgehead atoms. The second kappa shape index (κ2) is 16.5. The lowest BCUT2D eigenvalue weighted by molar-refractivity contribution is -1.73. The van der Waals surface area contributed by atoms with Crippen molar-refractivity contribution in [2.45, 2.75) is 0 Å². The van der Waals surface area contributed by atoms with Gasteiger partial charge in [0.25, 0.3) is 21.1 Å². The van der Waals surface area contributed by atoms with Crippen LogP contribution in [0.25, 0.3) is 0 Å². The molecule has 0 saturated heterocycles. The van der Waals surface area contributed by atoms with E-state index in [0.29, 0.717) is 0 Å². The minimum atomic E-state index is -4.01. The first-order valence-electron chi connectivity index (χ1n) is 1.96. The van der Waals surface area contributed by atoms with Crippen LogP contribution in [0.4, 0.5) is 0 Å². The maximum absolute atomic E-state index is 8.57. The fraction of sp³-hybridized carbons (Fsp3) is 1.00. The molecule has 10 heavy (non-hydrogen) atoms. The van der Waals surface area contributed by atoms with Crippen molar-refractivity contribution in [3.8, 4) is 0 Å². The zero-order chi connectivity index (χ0) is 7.15. The molecule has 3 N–H and O–H groups in total. The third-order valence-electron chi connectivity index (χ3n) is 0. The lowest BCUT2D eigenvalue weighted by atomic mass is 11.0. The molecule has 0 amide bonds. The van der Waals surface area contributed by atoms with E-state index in [2.05, 4.69) is 21.1 Å². The molecule has 0 aromatic carbocycles. The van der Waals surface area contributed by atoms with E-state index < -0.39 is 21.1 Å². The Bertz CT molecular complexity index is 36.0. The fourth-order valence-electron chi connectivity index (χ4n) is 0. The number of hydrogen-bond donors (Lipinski definition) is 1. The molecule has 0 spiro atoms. The molecule has 68 valence electrons. The van der Waals surface area contributed by atoms with Gasteiger partial charge in [0.1, 0.15) is 0 Å². The molecule has 0 radical (unpaired) electrons. The van der Waals surface area contributed by atoms with Crippen molar-refractivity contribution < 1.29 is 41.7 Å². The van der Waals surface area contributed by atoms with Gasteiger partial charge in [-0.15, -0.1) is 0 Å². The van der Waals surface area contributed by atoms with Gasteiger partial charge in [0.2, 0.25) is 0 Å². The van der Waals surface area contributed by atoms with Gasteiger partial charge in [-0.1, -0.05) is 0 Å². The first-order chi connectivity index (χ1) is 3.46. The standard InChI is InChI=1S/C3H9N.IO3.H2O.H2S/c1-4(2)3;2-1(3)4;;/h1-3H3;;2*1H2/q;-1;;/p+1. The van der Waals surface area contributed by atoms with Crippen LogP contribution < -0.4 is 36.3 Å². The summed E-state index contributed by atoms with van der Waals surface area (Å²) in [5.74, 6) is 0. The number of rotatable bonds is 0. The van der Waals surface area contributed by atoms with Crippen LogP contribution in [0.2, 0.25) is 0 Å². The van der Waals surface area contributed by atoms with Crippen molar-refractivity contribution >= 4 is 13.5 Å². The Kier molecular flexibility index (Phi) is 36.9. The van der Waals surface area contributed by atoms with Crippen LogP contribution in [0.3, 0.4) is 0 Å². The van der Waals surface area contributed by atoms with Crippen LogP contribution in [0.15, 0.2) is 0 Å². The Labute approximate surface area is 76.5 Å². The number of hydrogen-bond acceptors (Lipinski definition) is 3. The summed E-state index contributed by atoms with van der Waals surface area (Å²) in [5, 5.41) is 0. The smallest absolute Gasteiger partial charge is 0.282 e. The van der Waals surface area contributed by atoms with Crippen LogP contribution in [0, 0.1) is 0 Å². The van der Waals surface area contributed by atoms with Crippen LogP contribution in [0.1, 0.15) is 0 Å². The molecule has 0 aliphatic rings. The summed E-state index contributed by atoms with van der Waals surface area (Å²) >= 11 is -4.01. The largest absolute Gasteiger partial charge is 0.427 e. The molecule has 7 heteroatoms. The predicted molar refractivity (Wildman–Crippen MR) is 32.7 cm³/mol. The third kappa shape index (κ3) is 712. The first-order valence-corrected chi connectivity index (χ1v) is 4.61. The monoisotopic (exact) mass is 287 g/mol. The predicted octanol–water partition coefficient (Wildman–Crippen LogP) is -8.51. The fourth-order valence-corrected chi connectivity index (χ4v) is 0. The SMILES string of the molecule is C[NH+](C)C.O.S.[O-][I+2]([O-])[O-]. The van der Waals surface area contributed by atoms with E-state index in [-0.39, 0.29) is 19.0 Å².